The van der Waals surface area contributed by atoms with Crippen LogP contribution in [-0.4, -0.2) is 35.1 Å². The first-order chi connectivity index (χ1) is 16.3. The van der Waals surface area contributed by atoms with Crippen LogP contribution < -0.4 is 5.73 Å². The van der Waals surface area contributed by atoms with Crippen molar-refractivity contribution in [3.8, 4) is 0 Å². The molecule has 1 aliphatic heterocycles. The lowest BCUT2D eigenvalue weighted by Crippen LogP contribution is -2.44. The molecule has 0 spiro atoms. The zero-order valence-electron chi connectivity index (χ0n) is 20.6. The molecule has 0 radical (unpaired) electrons. The number of carbonyl (C=O) groups excluding carboxylic acids is 2. The third kappa shape index (κ3) is 6.21. The number of nitrogens with two attached hydrogens (primary N) is 1. The Bertz CT molecular complexity index is 911. The molecule has 1 heterocycles. The van der Waals surface area contributed by atoms with Gasteiger partial charge >= 0.3 is 0 Å². The molecule has 6 heteroatoms. The maximum Gasteiger partial charge on any atom is 0.257 e. The fourth-order valence-electron chi connectivity index (χ4n) is 6.59. The summed E-state index contributed by atoms with van der Waals surface area (Å²) in [5.41, 5.74) is 6.42. The van der Waals surface area contributed by atoms with Gasteiger partial charge in [0.05, 0.1) is 0 Å². The molecule has 5 nitrogen and oxygen atoms in total. The summed E-state index contributed by atoms with van der Waals surface area (Å²) < 4.78 is 0. The van der Waals surface area contributed by atoms with Crippen LogP contribution in [0.15, 0.2) is 29.3 Å². The summed E-state index contributed by atoms with van der Waals surface area (Å²) in [5, 5.41) is 0.674. The van der Waals surface area contributed by atoms with Gasteiger partial charge in [-0.05, 0) is 61.1 Å². The molecule has 0 unspecified atom stereocenters. The molecule has 4 rings (SSSR count). The minimum Gasteiger partial charge on any atom is -0.369 e. The smallest absolute Gasteiger partial charge is 0.257 e. The van der Waals surface area contributed by atoms with E-state index in [1.807, 2.05) is 24.3 Å². The van der Waals surface area contributed by atoms with Gasteiger partial charge in [0.25, 0.3) is 5.91 Å². The molecule has 2 fully saturated rings. The van der Waals surface area contributed by atoms with Gasteiger partial charge in [-0.1, -0.05) is 75.1 Å². The first-order valence-corrected chi connectivity index (χ1v) is 13.6. The Hall–Kier alpha value is -1.88. The fourth-order valence-corrected chi connectivity index (χ4v) is 6.81. The quantitative estimate of drug-likeness (QED) is 0.471. The highest BCUT2D eigenvalue weighted by Gasteiger charge is 2.48. The predicted molar refractivity (Wildman–Crippen MR) is 138 cm³/mol. The molecule has 34 heavy (non-hydrogen) atoms. The van der Waals surface area contributed by atoms with Gasteiger partial charge in [-0.15, -0.1) is 0 Å². The minimum atomic E-state index is -0.701. The van der Waals surface area contributed by atoms with Crippen molar-refractivity contribution >= 4 is 29.3 Å². The van der Waals surface area contributed by atoms with Crippen LogP contribution in [0.1, 0.15) is 89.0 Å². The fraction of sp³-hybridized carbons (Fsp3) is 0.679. The van der Waals surface area contributed by atoms with Crippen LogP contribution in [-0.2, 0) is 16.0 Å². The van der Waals surface area contributed by atoms with Crippen molar-refractivity contribution < 1.29 is 9.59 Å². The molecule has 3 aliphatic rings. The molecule has 1 amide bonds. The van der Waals surface area contributed by atoms with Crippen molar-refractivity contribution in [3.05, 3.63) is 34.9 Å². The van der Waals surface area contributed by atoms with Crippen molar-refractivity contribution in [2.75, 3.05) is 7.05 Å². The van der Waals surface area contributed by atoms with Gasteiger partial charge in [0.1, 0.15) is 11.3 Å². The standard InChI is InChI=1S/C28H40ClN3O2/c1-32-26(34)28(31-27(32)30,14-13-20-7-3-2-4-8-20)19-23-11-5-9-21(15-23)17-25(33)18-22-10-6-12-24(29)16-22/h6,10,12,16,20-21,23H,2-5,7-9,11,13-15,17-19H2,1H3,(H2,30,31)/t21-,23+,28-/m1/s1. The van der Waals surface area contributed by atoms with Gasteiger partial charge < -0.3 is 5.73 Å². The normalized spacial score (nSPS) is 28.2. The summed E-state index contributed by atoms with van der Waals surface area (Å²) in [6.45, 7) is 0. The van der Waals surface area contributed by atoms with E-state index in [2.05, 4.69) is 0 Å². The zero-order chi connectivity index (χ0) is 24.1. The highest BCUT2D eigenvalue weighted by Crippen LogP contribution is 2.42. The van der Waals surface area contributed by atoms with Crippen LogP contribution in [0.3, 0.4) is 0 Å². The van der Waals surface area contributed by atoms with E-state index in [0.717, 1.165) is 50.5 Å². The second kappa shape index (κ2) is 11.2. The second-order valence-electron chi connectivity index (χ2n) is 11.1. The van der Waals surface area contributed by atoms with Crippen LogP contribution >= 0.6 is 11.6 Å². The van der Waals surface area contributed by atoms with Crippen molar-refractivity contribution in [2.24, 2.45) is 28.5 Å². The Balaban J connectivity index is 1.37. The van der Waals surface area contributed by atoms with Crippen LogP contribution in [0.2, 0.25) is 5.02 Å². The monoisotopic (exact) mass is 485 g/mol. The first kappa shape index (κ1) is 25.2. The summed E-state index contributed by atoms with van der Waals surface area (Å²) in [6, 6.07) is 7.58. The summed E-state index contributed by atoms with van der Waals surface area (Å²) in [7, 11) is 1.75. The number of hydrogen-bond donors (Lipinski definition) is 1. The van der Waals surface area contributed by atoms with Crippen LogP contribution in [0.5, 0.6) is 0 Å². The van der Waals surface area contributed by atoms with Gasteiger partial charge in [-0.3, -0.25) is 14.5 Å². The lowest BCUT2D eigenvalue weighted by atomic mass is 9.71. The summed E-state index contributed by atoms with van der Waals surface area (Å²) in [4.78, 5) is 32.5. The maximum atomic E-state index is 13.3. The summed E-state index contributed by atoms with van der Waals surface area (Å²) in [5.74, 6) is 2.22. The summed E-state index contributed by atoms with van der Waals surface area (Å²) >= 11 is 6.08. The molecule has 3 atom stereocenters. The molecule has 1 aromatic rings. The topological polar surface area (TPSA) is 75.8 Å². The Labute approximate surface area is 209 Å². The number of likely N-dealkylation sites (N-methyl/N-ethyl adjacent to an activating group) is 1. The van der Waals surface area contributed by atoms with Crippen molar-refractivity contribution in [1.82, 2.24) is 4.90 Å². The Morgan fingerprint density at radius 2 is 1.85 bits per heavy atom. The second-order valence-corrected chi connectivity index (χ2v) is 11.5. The Kier molecular flexibility index (Phi) is 8.34. The third-order valence-corrected chi connectivity index (χ3v) is 8.63. The Morgan fingerprint density at radius 1 is 1.12 bits per heavy atom. The molecule has 0 bridgehead atoms. The number of Topliss-reactive ketones (excluding diaryl/α,β-unsaturated/α-hetero) is 1. The molecular weight excluding hydrogens is 446 g/mol. The maximum absolute atomic E-state index is 13.3. The van der Waals surface area contributed by atoms with E-state index in [-0.39, 0.29) is 11.7 Å². The lowest BCUT2D eigenvalue weighted by molar-refractivity contribution is -0.131. The average molecular weight is 486 g/mol. The van der Waals surface area contributed by atoms with E-state index >= 15 is 0 Å². The molecule has 0 saturated heterocycles. The molecule has 1 aromatic carbocycles. The Morgan fingerprint density at radius 3 is 2.56 bits per heavy atom. The average Bonchev–Trinajstić information content (AvgIpc) is 3.02. The number of guanidine groups is 1. The van der Waals surface area contributed by atoms with E-state index < -0.39 is 5.54 Å². The third-order valence-electron chi connectivity index (χ3n) is 8.39. The molecule has 2 saturated carbocycles. The van der Waals surface area contributed by atoms with Crippen LogP contribution in [0.25, 0.3) is 0 Å². The van der Waals surface area contributed by atoms with Crippen molar-refractivity contribution in [1.29, 1.82) is 0 Å². The number of nitrogens with zero attached hydrogens (tertiary/aromatic N) is 2. The minimum absolute atomic E-state index is 0.0694. The molecule has 2 aliphatic carbocycles. The van der Waals surface area contributed by atoms with E-state index in [0.29, 0.717) is 41.6 Å². The van der Waals surface area contributed by atoms with Crippen LogP contribution in [0, 0.1) is 17.8 Å². The van der Waals surface area contributed by atoms with E-state index in [1.165, 1.54) is 32.1 Å². The highest BCUT2D eigenvalue weighted by molar-refractivity contribution is 6.30. The number of rotatable bonds is 9. The van der Waals surface area contributed by atoms with E-state index in [9.17, 15) is 9.59 Å². The zero-order valence-corrected chi connectivity index (χ0v) is 21.4. The number of amides is 1. The molecular formula is C28H40ClN3O2. The van der Waals surface area contributed by atoms with Crippen LogP contribution in [0.4, 0.5) is 0 Å². The number of ketones is 1. The van der Waals surface area contributed by atoms with Gasteiger partial charge in [0, 0.05) is 24.9 Å². The molecule has 2 N–H and O–H groups in total. The number of carbonyl (C=O) groups is 2. The van der Waals surface area contributed by atoms with E-state index in [1.54, 1.807) is 11.9 Å². The number of hydrogen-bond acceptors (Lipinski definition) is 4. The molecule has 186 valence electrons. The largest absolute Gasteiger partial charge is 0.369 e. The SMILES string of the molecule is CN1C(=O)[C@@](CCC2CCCCC2)(C[C@H]2CCC[C@@H](CC(=O)Cc3cccc(Cl)c3)C2)N=C1N. The van der Waals surface area contributed by atoms with Gasteiger partial charge in [-0.2, -0.15) is 0 Å². The van der Waals surface area contributed by atoms with Gasteiger partial charge in [-0.25, -0.2) is 4.99 Å². The van der Waals surface area contributed by atoms with E-state index in [4.69, 9.17) is 22.3 Å². The summed E-state index contributed by atoms with van der Waals surface area (Å²) in [6.07, 6.45) is 14.5. The predicted octanol–water partition coefficient (Wildman–Crippen LogP) is 5.92. The van der Waals surface area contributed by atoms with Crippen molar-refractivity contribution in [2.45, 2.75) is 95.4 Å². The molecule has 0 aromatic heterocycles. The van der Waals surface area contributed by atoms with Crippen molar-refractivity contribution in [3.63, 3.8) is 0 Å². The van der Waals surface area contributed by atoms with Gasteiger partial charge in [0.2, 0.25) is 0 Å². The number of aliphatic imine (C=N–C) groups is 1. The lowest BCUT2D eigenvalue weighted by Gasteiger charge is -2.35. The number of benzene rings is 1. The number of halogens is 1. The first-order valence-electron chi connectivity index (χ1n) is 13.2. The highest BCUT2D eigenvalue weighted by atomic mass is 35.5. The van der Waals surface area contributed by atoms with Gasteiger partial charge in [0.15, 0.2) is 5.96 Å².